The van der Waals surface area contributed by atoms with Gasteiger partial charge >= 0.3 is 0 Å². The molecule has 5 rings (SSSR count). The zero-order valence-electron chi connectivity index (χ0n) is 20.0. The summed E-state index contributed by atoms with van der Waals surface area (Å²) >= 11 is 1.69. The molecule has 0 saturated carbocycles. The fourth-order valence-corrected chi connectivity index (χ4v) is 5.86. The summed E-state index contributed by atoms with van der Waals surface area (Å²) in [5.41, 5.74) is 3.95. The molecule has 8 heteroatoms. The standard InChI is InChI=1S/C27H29N3O4S/c1-33-22-15-18-11-13-29(27(24-5-4-14-35-24)21(18)16-23(22)34-2)17-25(31)28-19-7-9-20(10-8-19)30-12-3-6-26(30)32/h4-5,7-10,14-16,27H,3,6,11-13,17H2,1-2H3,(H,28,31)/t27-/m0/s1. The van der Waals surface area contributed by atoms with Gasteiger partial charge in [0.1, 0.15) is 0 Å². The fraction of sp³-hybridized carbons (Fsp3) is 0.333. The van der Waals surface area contributed by atoms with Gasteiger partial charge < -0.3 is 19.7 Å². The first kappa shape index (κ1) is 23.4. The van der Waals surface area contributed by atoms with Gasteiger partial charge in [0.2, 0.25) is 11.8 Å². The van der Waals surface area contributed by atoms with Crippen LogP contribution >= 0.6 is 11.3 Å². The highest BCUT2D eigenvalue weighted by Gasteiger charge is 2.32. The molecule has 0 bridgehead atoms. The van der Waals surface area contributed by atoms with Crippen LogP contribution in [-0.2, 0) is 16.0 Å². The minimum absolute atomic E-state index is 0.0344. The minimum atomic E-state index is -0.0690. The quantitative estimate of drug-likeness (QED) is 0.528. The Kier molecular flexibility index (Phi) is 6.74. The number of nitrogens with one attached hydrogen (secondary N) is 1. The molecule has 35 heavy (non-hydrogen) atoms. The number of methoxy groups -OCH3 is 2. The van der Waals surface area contributed by atoms with Gasteiger partial charge in [-0.2, -0.15) is 0 Å². The van der Waals surface area contributed by atoms with E-state index in [1.807, 2.05) is 36.4 Å². The molecule has 0 unspecified atom stereocenters. The Morgan fingerprint density at radius 1 is 1.06 bits per heavy atom. The van der Waals surface area contributed by atoms with Gasteiger partial charge in [0.25, 0.3) is 0 Å². The summed E-state index contributed by atoms with van der Waals surface area (Å²) in [6.45, 7) is 1.78. The second-order valence-electron chi connectivity index (χ2n) is 8.79. The van der Waals surface area contributed by atoms with Gasteiger partial charge in [-0.1, -0.05) is 6.07 Å². The van der Waals surface area contributed by atoms with Gasteiger partial charge in [0.05, 0.1) is 26.8 Å². The van der Waals surface area contributed by atoms with Crippen molar-refractivity contribution < 1.29 is 19.1 Å². The Morgan fingerprint density at radius 2 is 1.83 bits per heavy atom. The molecule has 1 aromatic heterocycles. The zero-order valence-corrected chi connectivity index (χ0v) is 20.8. The molecular weight excluding hydrogens is 462 g/mol. The summed E-state index contributed by atoms with van der Waals surface area (Å²) in [5.74, 6) is 1.50. The van der Waals surface area contributed by atoms with Crippen molar-refractivity contribution in [3.8, 4) is 11.5 Å². The van der Waals surface area contributed by atoms with Crippen molar-refractivity contribution in [2.75, 3.05) is 44.1 Å². The van der Waals surface area contributed by atoms with Crippen LogP contribution in [0.25, 0.3) is 0 Å². The first-order valence-corrected chi connectivity index (χ1v) is 12.7. The highest BCUT2D eigenvalue weighted by Crippen LogP contribution is 2.42. The number of fused-ring (bicyclic) bond motifs is 1. The number of carbonyl (C=O) groups excluding carboxylic acids is 2. The molecule has 1 fully saturated rings. The molecule has 3 aromatic rings. The Bertz CT molecular complexity index is 1210. The molecule has 7 nitrogen and oxygen atoms in total. The first-order chi connectivity index (χ1) is 17.1. The topological polar surface area (TPSA) is 71.1 Å². The number of thiophene rings is 1. The number of anilines is 2. The van der Waals surface area contributed by atoms with E-state index in [4.69, 9.17) is 9.47 Å². The predicted octanol–water partition coefficient (Wildman–Crippen LogP) is 4.48. The van der Waals surface area contributed by atoms with Crippen molar-refractivity contribution in [3.63, 3.8) is 0 Å². The number of benzene rings is 2. The van der Waals surface area contributed by atoms with E-state index in [1.165, 1.54) is 10.4 Å². The number of rotatable bonds is 7. The maximum Gasteiger partial charge on any atom is 0.238 e. The Hall–Kier alpha value is -3.36. The number of carbonyl (C=O) groups is 2. The summed E-state index contributed by atoms with van der Waals surface area (Å²) in [6.07, 6.45) is 2.31. The molecule has 3 heterocycles. The third kappa shape index (κ3) is 4.76. The summed E-state index contributed by atoms with van der Waals surface area (Å²) in [4.78, 5) is 30.3. The van der Waals surface area contributed by atoms with Gasteiger partial charge in [-0.3, -0.25) is 14.5 Å². The molecule has 0 aliphatic carbocycles. The van der Waals surface area contributed by atoms with Crippen LogP contribution < -0.4 is 19.7 Å². The SMILES string of the molecule is COc1cc2c(cc1OC)[C@@H](c1cccs1)N(CC(=O)Nc1ccc(N3CCCC3=O)cc1)CC2. The van der Waals surface area contributed by atoms with Gasteiger partial charge in [-0.15, -0.1) is 11.3 Å². The maximum atomic E-state index is 13.1. The molecule has 182 valence electrons. The number of nitrogens with zero attached hydrogens (tertiary/aromatic N) is 2. The maximum absolute atomic E-state index is 13.1. The van der Waals surface area contributed by atoms with Crippen molar-refractivity contribution in [2.24, 2.45) is 0 Å². The monoisotopic (exact) mass is 491 g/mol. The summed E-state index contributed by atoms with van der Waals surface area (Å²) in [6, 6.07) is 15.7. The molecule has 1 atom stereocenters. The van der Waals surface area contributed by atoms with Gasteiger partial charge in [-0.05, 0) is 71.8 Å². The normalized spacial score (nSPS) is 17.8. The lowest BCUT2D eigenvalue weighted by atomic mass is 9.91. The molecule has 1 saturated heterocycles. The van der Waals surface area contributed by atoms with Crippen LogP contribution in [-0.4, -0.2) is 50.6 Å². The van der Waals surface area contributed by atoms with E-state index in [9.17, 15) is 9.59 Å². The molecule has 2 amide bonds. The highest BCUT2D eigenvalue weighted by atomic mass is 32.1. The highest BCUT2D eigenvalue weighted by molar-refractivity contribution is 7.10. The third-order valence-corrected chi connectivity index (χ3v) is 7.59. The van der Waals surface area contributed by atoms with Crippen molar-refractivity contribution >= 4 is 34.5 Å². The van der Waals surface area contributed by atoms with Crippen molar-refractivity contribution in [1.82, 2.24) is 4.90 Å². The Labute approximate surface area is 209 Å². The van der Waals surface area contributed by atoms with Crippen molar-refractivity contribution in [2.45, 2.75) is 25.3 Å². The lowest BCUT2D eigenvalue weighted by Crippen LogP contribution is -2.40. The molecular formula is C27H29N3O4S. The van der Waals surface area contributed by atoms with Crippen molar-refractivity contribution in [1.29, 1.82) is 0 Å². The Morgan fingerprint density at radius 3 is 2.49 bits per heavy atom. The first-order valence-electron chi connectivity index (χ1n) is 11.8. The third-order valence-electron chi connectivity index (χ3n) is 6.67. The average Bonchev–Trinajstić information content (AvgIpc) is 3.55. The summed E-state index contributed by atoms with van der Waals surface area (Å²) in [7, 11) is 3.29. The van der Waals surface area contributed by atoms with Crippen molar-refractivity contribution in [3.05, 3.63) is 69.9 Å². The van der Waals surface area contributed by atoms with E-state index in [2.05, 4.69) is 27.7 Å². The van der Waals surface area contributed by atoms with Gasteiger partial charge in [-0.25, -0.2) is 0 Å². The Balaban J connectivity index is 1.34. The van der Waals surface area contributed by atoms with E-state index in [1.54, 1.807) is 30.5 Å². The average molecular weight is 492 g/mol. The van der Waals surface area contributed by atoms with E-state index in [0.29, 0.717) is 12.2 Å². The number of hydrogen-bond acceptors (Lipinski definition) is 6. The molecule has 0 spiro atoms. The van der Waals surface area contributed by atoms with Gasteiger partial charge in [0.15, 0.2) is 11.5 Å². The molecule has 1 N–H and O–H groups in total. The second kappa shape index (κ2) is 10.1. The van der Waals surface area contributed by atoms with Crippen LogP contribution in [0, 0.1) is 0 Å². The van der Waals surface area contributed by atoms with Gasteiger partial charge in [0, 0.05) is 35.8 Å². The smallest absolute Gasteiger partial charge is 0.238 e. The van der Waals surface area contributed by atoms with Crippen LogP contribution in [0.1, 0.15) is 34.9 Å². The molecule has 2 aliphatic rings. The van der Waals surface area contributed by atoms with E-state index >= 15 is 0 Å². The van der Waals surface area contributed by atoms with Crippen LogP contribution in [0.3, 0.4) is 0 Å². The number of amides is 2. The number of hydrogen-bond donors (Lipinski definition) is 1. The van der Waals surface area contributed by atoms with E-state index in [-0.39, 0.29) is 24.4 Å². The lowest BCUT2D eigenvalue weighted by molar-refractivity contribution is -0.118. The predicted molar refractivity (Wildman–Crippen MR) is 138 cm³/mol. The molecule has 2 aromatic carbocycles. The lowest BCUT2D eigenvalue weighted by Gasteiger charge is -2.37. The second-order valence-corrected chi connectivity index (χ2v) is 9.77. The molecule has 2 aliphatic heterocycles. The molecule has 0 radical (unpaired) electrons. The van der Waals surface area contributed by atoms with E-state index in [0.717, 1.165) is 48.6 Å². The van der Waals surface area contributed by atoms with Crippen LogP contribution in [0.4, 0.5) is 11.4 Å². The largest absolute Gasteiger partial charge is 0.493 e. The van der Waals surface area contributed by atoms with Crippen LogP contribution in [0.15, 0.2) is 53.9 Å². The summed E-state index contributed by atoms with van der Waals surface area (Å²) in [5, 5.41) is 5.09. The van der Waals surface area contributed by atoms with Crippen LogP contribution in [0.2, 0.25) is 0 Å². The minimum Gasteiger partial charge on any atom is -0.493 e. The van der Waals surface area contributed by atoms with Crippen LogP contribution in [0.5, 0.6) is 11.5 Å². The number of ether oxygens (including phenoxy) is 2. The van der Waals surface area contributed by atoms with E-state index < -0.39 is 0 Å². The summed E-state index contributed by atoms with van der Waals surface area (Å²) < 4.78 is 11.1. The fourth-order valence-electron chi connectivity index (χ4n) is 4.98. The zero-order chi connectivity index (χ0) is 24.4.